The molecule has 0 spiro atoms. The molecule has 3 nitrogen and oxygen atoms in total. The summed E-state index contributed by atoms with van der Waals surface area (Å²) in [4.78, 5) is 11.9. The van der Waals surface area contributed by atoms with Crippen LogP contribution >= 0.6 is 34.5 Å². The van der Waals surface area contributed by atoms with Crippen molar-refractivity contribution < 1.29 is 4.79 Å². The maximum atomic E-state index is 11.4. The van der Waals surface area contributed by atoms with E-state index in [1.807, 2.05) is 0 Å². The largest absolute Gasteiger partial charge is 0.285 e. The van der Waals surface area contributed by atoms with Crippen molar-refractivity contribution in [2.75, 3.05) is 14.1 Å². The first-order chi connectivity index (χ1) is 6.00. The number of nitrogens with zero attached hydrogens (tertiary/aromatic N) is 1. The fourth-order valence-electron chi connectivity index (χ4n) is 0.717. The van der Waals surface area contributed by atoms with Crippen LogP contribution in [0.3, 0.4) is 0 Å². The van der Waals surface area contributed by atoms with Gasteiger partial charge in [0.2, 0.25) is 0 Å². The van der Waals surface area contributed by atoms with E-state index < -0.39 is 0 Å². The van der Waals surface area contributed by atoms with E-state index in [1.54, 1.807) is 25.2 Å². The lowest BCUT2D eigenvalue weighted by Gasteiger charge is -2.09. The molecule has 0 fully saturated rings. The van der Waals surface area contributed by atoms with Gasteiger partial charge in [0.05, 0.1) is 9.90 Å². The molecular weight excluding hydrogens is 231 g/mol. The Balaban J connectivity index is 2.77. The molecule has 1 amide bonds. The first kappa shape index (κ1) is 10.8. The molecule has 6 heteroatoms. The van der Waals surface area contributed by atoms with Crippen LogP contribution in [0.15, 0.2) is 6.07 Å². The first-order valence-corrected chi connectivity index (χ1v) is 5.01. The van der Waals surface area contributed by atoms with Gasteiger partial charge in [0.25, 0.3) is 5.91 Å². The lowest BCUT2D eigenvalue weighted by molar-refractivity contribution is 0.0861. The average Bonchev–Trinajstić information content (AvgIpc) is 2.31. The van der Waals surface area contributed by atoms with E-state index >= 15 is 0 Å². The highest BCUT2D eigenvalue weighted by Gasteiger charge is 2.12. The monoisotopic (exact) mass is 238 g/mol. The molecule has 0 aliphatic carbocycles. The van der Waals surface area contributed by atoms with Gasteiger partial charge in [0.15, 0.2) is 0 Å². The lowest BCUT2D eigenvalue weighted by atomic mass is 10.4. The van der Waals surface area contributed by atoms with Crippen molar-refractivity contribution in [1.82, 2.24) is 10.4 Å². The molecule has 1 N–H and O–H groups in total. The van der Waals surface area contributed by atoms with Crippen molar-refractivity contribution in [3.63, 3.8) is 0 Å². The van der Waals surface area contributed by atoms with E-state index in [-0.39, 0.29) is 5.91 Å². The van der Waals surface area contributed by atoms with Gasteiger partial charge < -0.3 is 0 Å². The van der Waals surface area contributed by atoms with Gasteiger partial charge in [-0.15, -0.1) is 11.3 Å². The van der Waals surface area contributed by atoms with Crippen LogP contribution in [0, 0.1) is 0 Å². The van der Waals surface area contributed by atoms with E-state index in [2.05, 4.69) is 5.43 Å². The summed E-state index contributed by atoms with van der Waals surface area (Å²) in [7, 11) is 3.46. The summed E-state index contributed by atoms with van der Waals surface area (Å²) >= 11 is 12.6. The van der Waals surface area contributed by atoms with Gasteiger partial charge in [0.1, 0.15) is 4.34 Å². The normalized spacial score (nSPS) is 10.5. The van der Waals surface area contributed by atoms with Crippen LogP contribution < -0.4 is 5.43 Å². The summed E-state index contributed by atoms with van der Waals surface area (Å²) in [6.45, 7) is 0. The first-order valence-electron chi connectivity index (χ1n) is 3.44. The maximum absolute atomic E-state index is 11.4. The summed E-state index contributed by atoms with van der Waals surface area (Å²) in [5, 5.41) is 1.97. The number of hydrazine groups is 1. The van der Waals surface area contributed by atoms with Gasteiger partial charge in [-0.2, -0.15) is 0 Å². The van der Waals surface area contributed by atoms with Gasteiger partial charge in [0, 0.05) is 14.1 Å². The highest BCUT2D eigenvalue weighted by molar-refractivity contribution is 7.18. The lowest BCUT2D eigenvalue weighted by Crippen LogP contribution is -2.35. The van der Waals surface area contributed by atoms with E-state index in [0.29, 0.717) is 14.2 Å². The van der Waals surface area contributed by atoms with Crippen molar-refractivity contribution in [3.8, 4) is 0 Å². The van der Waals surface area contributed by atoms with Gasteiger partial charge in [-0.05, 0) is 6.07 Å². The molecule has 0 unspecified atom stereocenters. The predicted molar refractivity (Wildman–Crippen MR) is 55.5 cm³/mol. The topological polar surface area (TPSA) is 32.3 Å². The van der Waals surface area contributed by atoms with E-state index in [1.165, 1.54) is 0 Å². The molecule has 1 aromatic rings. The highest BCUT2D eigenvalue weighted by Crippen LogP contribution is 2.31. The standard InChI is InChI=1S/C7H8Cl2N2OS/c1-11(2)10-7(12)5-3-4(8)6(9)13-5/h3H,1-2H3,(H,10,12). The van der Waals surface area contributed by atoms with Crippen LogP contribution in [0.5, 0.6) is 0 Å². The number of amides is 1. The van der Waals surface area contributed by atoms with Crippen LogP contribution in [-0.2, 0) is 0 Å². The summed E-state index contributed by atoms with van der Waals surface area (Å²) in [5.74, 6) is -0.205. The molecule has 0 bridgehead atoms. The molecule has 1 heterocycles. The Morgan fingerprint density at radius 2 is 2.15 bits per heavy atom. The minimum Gasteiger partial charge on any atom is -0.285 e. The maximum Gasteiger partial charge on any atom is 0.275 e. The second-order valence-corrected chi connectivity index (χ2v) is 4.63. The Morgan fingerprint density at radius 1 is 1.54 bits per heavy atom. The number of nitrogens with one attached hydrogen (secondary N) is 1. The van der Waals surface area contributed by atoms with Gasteiger partial charge in [-0.1, -0.05) is 23.2 Å². The Morgan fingerprint density at radius 3 is 2.54 bits per heavy atom. The smallest absolute Gasteiger partial charge is 0.275 e. The fraction of sp³-hybridized carbons (Fsp3) is 0.286. The zero-order valence-corrected chi connectivity index (χ0v) is 9.43. The third-order valence-electron chi connectivity index (χ3n) is 1.19. The molecule has 13 heavy (non-hydrogen) atoms. The van der Waals surface area contributed by atoms with Crippen molar-refractivity contribution in [2.45, 2.75) is 0 Å². The summed E-state index contributed by atoms with van der Waals surface area (Å²) in [6, 6.07) is 1.55. The van der Waals surface area contributed by atoms with Gasteiger partial charge in [-0.3, -0.25) is 10.2 Å². The molecule has 0 saturated heterocycles. The Hall–Kier alpha value is -0.290. The van der Waals surface area contributed by atoms with E-state index in [0.717, 1.165) is 11.3 Å². The van der Waals surface area contributed by atoms with Crippen molar-refractivity contribution in [1.29, 1.82) is 0 Å². The third kappa shape index (κ3) is 2.84. The molecule has 0 saturated carbocycles. The van der Waals surface area contributed by atoms with Crippen LogP contribution in [-0.4, -0.2) is 25.0 Å². The van der Waals surface area contributed by atoms with Crippen molar-refractivity contribution >= 4 is 40.4 Å². The minimum absolute atomic E-state index is 0.205. The minimum atomic E-state index is -0.205. The quantitative estimate of drug-likeness (QED) is 0.803. The number of thiophene rings is 1. The van der Waals surface area contributed by atoms with E-state index in [9.17, 15) is 4.79 Å². The Kier molecular flexibility index (Phi) is 3.55. The number of hydrogen-bond donors (Lipinski definition) is 1. The Labute approximate surface area is 90.2 Å². The second kappa shape index (κ2) is 4.28. The van der Waals surface area contributed by atoms with E-state index in [4.69, 9.17) is 23.2 Å². The molecule has 0 atom stereocenters. The Bertz CT molecular complexity index is 305. The molecule has 72 valence electrons. The van der Waals surface area contributed by atoms with Crippen molar-refractivity contribution in [3.05, 3.63) is 20.3 Å². The van der Waals surface area contributed by atoms with Crippen LogP contribution in [0.2, 0.25) is 9.36 Å². The number of hydrogen-bond acceptors (Lipinski definition) is 3. The van der Waals surface area contributed by atoms with Crippen LogP contribution in [0.25, 0.3) is 0 Å². The second-order valence-electron chi connectivity index (χ2n) is 2.57. The molecule has 1 aromatic heterocycles. The molecule has 0 radical (unpaired) electrons. The number of rotatable bonds is 2. The molecule has 0 aliphatic rings. The number of halogens is 2. The molecular formula is C7H8Cl2N2OS. The summed E-state index contributed by atoms with van der Waals surface area (Å²) in [5.41, 5.74) is 2.59. The van der Waals surface area contributed by atoms with Crippen LogP contribution in [0.1, 0.15) is 9.67 Å². The fourth-order valence-corrected chi connectivity index (χ4v) is 1.97. The van der Waals surface area contributed by atoms with Crippen molar-refractivity contribution in [2.24, 2.45) is 0 Å². The number of carbonyl (C=O) groups is 1. The molecule has 0 aromatic carbocycles. The summed E-state index contributed by atoms with van der Waals surface area (Å²) in [6.07, 6.45) is 0. The molecule has 0 aliphatic heterocycles. The molecule has 1 rings (SSSR count). The van der Waals surface area contributed by atoms with Gasteiger partial charge >= 0.3 is 0 Å². The van der Waals surface area contributed by atoms with Crippen LogP contribution in [0.4, 0.5) is 0 Å². The zero-order chi connectivity index (χ0) is 10.0. The number of carbonyl (C=O) groups excluding carboxylic acids is 1. The average molecular weight is 239 g/mol. The highest BCUT2D eigenvalue weighted by atomic mass is 35.5. The zero-order valence-electron chi connectivity index (χ0n) is 7.10. The summed E-state index contributed by atoms with van der Waals surface area (Å²) < 4.78 is 0.436. The third-order valence-corrected chi connectivity index (χ3v) is 3.06. The predicted octanol–water partition coefficient (Wildman–Crippen LogP) is 2.26. The SMILES string of the molecule is CN(C)NC(=O)c1cc(Cl)c(Cl)s1. The van der Waals surface area contributed by atoms with Gasteiger partial charge in [-0.25, -0.2) is 5.01 Å².